The third kappa shape index (κ3) is 15.1. The Morgan fingerprint density at radius 2 is 1.53 bits per heavy atom. The van der Waals surface area contributed by atoms with Crippen LogP contribution in [0.5, 0.6) is 0 Å². The molecular formula is C15H30N2O2. The predicted octanol–water partition coefficient (Wildman–Crippen LogP) is 2.09. The van der Waals surface area contributed by atoms with Crippen LogP contribution in [0.15, 0.2) is 24.9 Å². The quantitative estimate of drug-likeness (QED) is 0.353. The van der Waals surface area contributed by atoms with Crippen molar-refractivity contribution in [3.63, 3.8) is 0 Å². The van der Waals surface area contributed by atoms with Crippen LogP contribution in [0.1, 0.15) is 25.7 Å². The van der Waals surface area contributed by atoms with Gasteiger partial charge >= 0.3 is 0 Å². The summed E-state index contributed by atoms with van der Waals surface area (Å²) in [5.74, 6) is 0. The van der Waals surface area contributed by atoms with Gasteiger partial charge in [0.1, 0.15) is 0 Å². The van der Waals surface area contributed by atoms with Crippen molar-refractivity contribution in [3.05, 3.63) is 24.9 Å². The molecule has 0 aromatic rings. The SMILES string of the molecule is C=CC(=C)NCCOCCCCCCOCCNC. The Hall–Kier alpha value is -0.840. The smallest absolute Gasteiger partial charge is 0.0639 e. The molecule has 0 aliphatic heterocycles. The maximum atomic E-state index is 5.51. The van der Waals surface area contributed by atoms with E-state index in [9.17, 15) is 0 Å². The van der Waals surface area contributed by atoms with E-state index in [1.165, 1.54) is 12.8 Å². The molecule has 0 saturated carbocycles. The molecule has 0 spiro atoms. The number of unbranched alkanes of at least 4 members (excludes halogenated alkanes) is 3. The van der Waals surface area contributed by atoms with E-state index in [4.69, 9.17) is 9.47 Å². The molecule has 0 bridgehead atoms. The van der Waals surface area contributed by atoms with Gasteiger partial charge in [0.15, 0.2) is 0 Å². The van der Waals surface area contributed by atoms with Gasteiger partial charge in [-0.25, -0.2) is 0 Å². The molecule has 0 rings (SSSR count). The van der Waals surface area contributed by atoms with Crippen LogP contribution in [0.3, 0.4) is 0 Å². The molecule has 112 valence electrons. The van der Waals surface area contributed by atoms with Gasteiger partial charge in [-0.1, -0.05) is 26.0 Å². The second kappa shape index (κ2) is 15.2. The zero-order chi connectivity index (χ0) is 14.2. The summed E-state index contributed by atoms with van der Waals surface area (Å²) in [4.78, 5) is 0. The Labute approximate surface area is 118 Å². The molecule has 0 aromatic carbocycles. The summed E-state index contributed by atoms with van der Waals surface area (Å²) < 4.78 is 11.0. The molecule has 0 radical (unpaired) electrons. The molecule has 4 heteroatoms. The summed E-state index contributed by atoms with van der Waals surface area (Å²) in [5, 5.41) is 6.17. The highest BCUT2D eigenvalue weighted by atomic mass is 16.5. The van der Waals surface area contributed by atoms with Gasteiger partial charge in [-0.2, -0.15) is 0 Å². The van der Waals surface area contributed by atoms with Crippen LogP contribution in [0.2, 0.25) is 0 Å². The Balaban J connectivity index is 2.99. The van der Waals surface area contributed by atoms with E-state index in [0.717, 1.165) is 58.1 Å². The summed E-state index contributed by atoms with van der Waals surface area (Å²) in [7, 11) is 1.94. The molecule has 4 nitrogen and oxygen atoms in total. The second-order valence-electron chi connectivity index (χ2n) is 4.40. The number of hydrogen-bond acceptors (Lipinski definition) is 4. The highest BCUT2D eigenvalue weighted by Crippen LogP contribution is 2.00. The largest absolute Gasteiger partial charge is 0.383 e. The molecule has 19 heavy (non-hydrogen) atoms. The van der Waals surface area contributed by atoms with Crippen LogP contribution < -0.4 is 10.6 Å². The zero-order valence-electron chi connectivity index (χ0n) is 12.4. The lowest BCUT2D eigenvalue weighted by Gasteiger charge is -2.07. The van der Waals surface area contributed by atoms with Crippen molar-refractivity contribution in [1.29, 1.82) is 0 Å². The Kier molecular flexibility index (Phi) is 14.5. The molecule has 0 saturated heterocycles. The number of hydrogen-bond donors (Lipinski definition) is 2. The maximum Gasteiger partial charge on any atom is 0.0639 e. The number of nitrogens with one attached hydrogen (secondary N) is 2. The summed E-state index contributed by atoms with van der Waals surface area (Å²) in [6.07, 6.45) is 6.40. The van der Waals surface area contributed by atoms with E-state index in [2.05, 4.69) is 23.8 Å². The molecule has 0 aliphatic rings. The van der Waals surface area contributed by atoms with Crippen LogP contribution in [0, 0.1) is 0 Å². The van der Waals surface area contributed by atoms with Crippen molar-refractivity contribution >= 4 is 0 Å². The highest BCUT2D eigenvalue weighted by molar-refractivity contribution is 5.07. The fourth-order valence-electron chi connectivity index (χ4n) is 1.50. The number of likely N-dealkylation sites (N-methyl/N-ethyl adjacent to an activating group) is 1. The number of ether oxygens (including phenoxy) is 2. The average molecular weight is 270 g/mol. The van der Waals surface area contributed by atoms with Crippen molar-refractivity contribution in [2.75, 3.05) is 46.6 Å². The minimum Gasteiger partial charge on any atom is -0.383 e. The molecule has 0 aliphatic carbocycles. The third-order valence-electron chi connectivity index (χ3n) is 2.67. The van der Waals surface area contributed by atoms with Crippen molar-refractivity contribution in [3.8, 4) is 0 Å². The maximum absolute atomic E-state index is 5.51. The molecule has 2 N–H and O–H groups in total. The van der Waals surface area contributed by atoms with Crippen molar-refractivity contribution in [1.82, 2.24) is 10.6 Å². The lowest BCUT2D eigenvalue weighted by atomic mass is 10.2. The molecular weight excluding hydrogens is 240 g/mol. The molecule has 0 heterocycles. The Morgan fingerprint density at radius 1 is 0.947 bits per heavy atom. The molecule has 0 atom stereocenters. The van der Waals surface area contributed by atoms with Crippen molar-refractivity contribution in [2.24, 2.45) is 0 Å². The van der Waals surface area contributed by atoms with E-state index in [0.29, 0.717) is 0 Å². The van der Waals surface area contributed by atoms with Crippen LogP contribution in [0.4, 0.5) is 0 Å². The first-order valence-corrected chi connectivity index (χ1v) is 7.16. The van der Waals surface area contributed by atoms with Gasteiger partial charge in [0, 0.05) is 32.0 Å². The minimum absolute atomic E-state index is 0.722. The fourth-order valence-corrected chi connectivity index (χ4v) is 1.50. The first kappa shape index (κ1) is 18.2. The first-order valence-electron chi connectivity index (χ1n) is 7.16. The van der Waals surface area contributed by atoms with Crippen molar-refractivity contribution < 1.29 is 9.47 Å². The summed E-state index contributed by atoms with van der Waals surface area (Å²) >= 11 is 0. The van der Waals surface area contributed by atoms with E-state index in [1.54, 1.807) is 6.08 Å². The summed E-state index contributed by atoms with van der Waals surface area (Å²) in [5.41, 5.74) is 0.849. The Morgan fingerprint density at radius 3 is 2.05 bits per heavy atom. The van der Waals surface area contributed by atoms with Crippen LogP contribution in [-0.2, 0) is 9.47 Å². The third-order valence-corrected chi connectivity index (χ3v) is 2.67. The predicted molar refractivity (Wildman–Crippen MR) is 81.4 cm³/mol. The van der Waals surface area contributed by atoms with Gasteiger partial charge in [0.05, 0.1) is 13.2 Å². The van der Waals surface area contributed by atoms with E-state index in [-0.39, 0.29) is 0 Å². The number of rotatable bonds is 15. The van der Waals surface area contributed by atoms with Gasteiger partial charge in [0.25, 0.3) is 0 Å². The minimum atomic E-state index is 0.722. The van der Waals surface area contributed by atoms with E-state index in [1.807, 2.05) is 7.05 Å². The molecule has 0 amide bonds. The van der Waals surface area contributed by atoms with E-state index >= 15 is 0 Å². The molecule has 0 aromatic heterocycles. The van der Waals surface area contributed by atoms with Crippen LogP contribution in [0.25, 0.3) is 0 Å². The first-order chi connectivity index (χ1) is 9.31. The van der Waals surface area contributed by atoms with Gasteiger partial charge in [-0.05, 0) is 26.0 Å². The summed E-state index contributed by atoms with van der Waals surface area (Å²) in [6.45, 7) is 12.4. The molecule has 0 fully saturated rings. The van der Waals surface area contributed by atoms with Crippen LogP contribution >= 0.6 is 0 Å². The Bertz CT molecular complexity index is 220. The summed E-state index contributed by atoms with van der Waals surface area (Å²) in [6, 6.07) is 0. The second-order valence-corrected chi connectivity index (χ2v) is 4.40. The lowest BCUT2D eigenvalue weighted by molar-refractivity contribution is 0.124. The monoisotopic (exact) mass is 270 g/mol. The van der Waals surface area contributed by atoms with Gasteiger partial charge < -0.3 is 20.1 Å². The molecule has 0 unspecified atom stereocenters. The number of allylic oxidation sites excluding steroid dienone is 1. The van der Waals surface area contributed by atoms with Gasteiger partial charge in [-0.3, -0.25) is 0 Å². The zero-order valence-corrected chi connectivity index (χ0v) is 12.4. The average Bonchev–Trinajstić information content (AvgIpc) is 2.43. The van der Waals surface area contributed by atoms with E-state index < -0.39 is 0 Å². The fraction of sp³-hybridized carbons (Fsp3) is 0.733. The van der Waals surface area contributed by atoms with Gasteiger partial charge in [0.2, 0.25) is 0 Å². The normalized spacial score (nSPS) is 10.4. The van der Waals surface area contributed by atoms with Crippen LogP contribution in [-0.4, -0.2) is 46.6 Å². The topological polar surface area (TPSA) is 42.5 Å². The standard InChI is InChI=1S/C15H30N2O2/c1-4-15(2)17-10-14-19-12-8-6-5-7-11-18-13-9-16-3/h4,16-17H,1-2,5-14H2,3H3. The lowest BCUT2D eigenvalue weighted by Crippen LogP contribution is -2.17. The van der Waals surface area contributed by atoms with Crippen molar-refractivity contribution in [2.45, 2.75) is 25.7 Å². The highest BCUT2D eigenvalue weighted by Gasteiger charge is 1.93. The van der Waals surface area contributed by atoms with Gasteiger partial charge in [-0.15, -0.1) is 0 Å².